The van der Waals surface area contributed by atoms with Crippen LogP contribution >= 0.6 is 0 Å². The van der Waals surface area contributed by atoms with Gasteiger partial charge in [0.25, 0.3) is 5.91 Å². The van der Waals surface area contributed by atoms with Gasteiger partial charge in [-0.3, -0.25) is 9.78 Å². The molecule has 1 heterocycles. The molecule has 122 valence electrons. The molecule has 0 saturated heterocycles. The van der Waals surface area contributed by atoms with Gasteiger partial charge in [0.15, 0.2) is 0 Å². The van der Waals surface area contributed by atoms with E-state index in [1.54, 1.807) is 31.3 Å². The maximum atomic E-state index is 12.7. The molecule has 5 nitrogen and oxygen atoms in total. The number of amides is 1. The van der Waals surface area contributed by atoms with E-state index in [-0.39, 0.29) is 5.91 Å². The Bertz CT molecular complexity index is 614. The van der Waals surface area contributed by atoms with Crippen molar-refractivity contribution in [2.24, 2.45) is 0 Å². The molecular formula is C18H22N2O3. The number of carbonyl (C=O) groups is 1. The SMILES string of the molecule is CCO[C@H](C)C(=O)N(Cc1ccc(OC)cc1)c1ccncc1. The van der Waals surface area contributed by atoms with E-state index in [0.717, 1.165) is 17.0 Å². The summed E-state index contributed by atoms with van der Waals surface area (Å²) in [7, 11) is 1.63. The summed E-state index contributed by atoms with van der Waals surface area (Å²) in [5, 5.41) is 0. The van der Waals surface area contributed by atoms with E-state index in [2.05, 4.69) is 4.98 Å². The number of carbonyl (C=O) groups excluding carboxylic acids is 1. The Kier molecular flexibility index (Phi) is 6.11. The summed E-state index contributed by atoms with van der Waals surface area (Å²) in [6.45, 7) is 4.61. The van der Waals surface area contributed by atoms with Crippen LogP contribution in [0.25, 0.3) is 0 Å². The predicted molar refractivity (Wildman–Crippen MR) is 89.5 cm³/mol. The van der Waals surface area contributed by atoms with Crippen LogP contribution in [0.4, 0.5) is 5.69 Å². The smallest absolute Gasteiger partial charge is 0.256 e. The van der Waals surface area contributed by atoms with Crippen molar-refractivity contribution in [2.45, 2.75) is 26.5 Å². The van der Waals surface area contributed by atoms with Crippen molar-refractivity contribution in [3.05, 3.63) is 54.4 Å². The van der Waals surface area contributed by atoms with Gasteiger partial charge in [-0.15, -0.1) is 0 Å². The van der Waals surface area contributed by atoms with Crippen LogP contribution < -0.4 is 9.64 Å². The highest BCUT2D eigenvalue weighted by atomic mass is 16.5. The quantitative estimate of drug-likeness (QED) is 0.788. The number of ether oxygens (including phenoxy) is 2. The molecule has 1 amide bonds. The molecule has 1 aromatic carbocycles. The molecule has 0 aliphatic carbocycles. The molecule has 0 radical (unpaired) electrons. The first kappa shape index (κ1) is 17.0. The molecule has 1 aromatic heterocycles. The second kappa shape index (κ2) is 8.29. The summed E-state index contributed by atoms with van der Waals surface area (Å²) in [4.78, 5) is 18.4. The van der Waals surface area contributed by atoms with Gasteiger partial charge in [0.1, 0.15) is 11.9 Å². The van der Waals surface area contributed by atoms with Gasteiger partial charge >= 0.3 is 0 Å². The van der Waals surface area contributed by atoms with Crippen molar-refractivity contribution in [3.63, 3.8) is 0 Å². The molecule has 0 aliphatic heterocycles. The van der Waals surface area contributed by atoms with E-state index in [9.17, 15) is 4.79 Å². The van der Waals surface area contributed by atoms with Crippen molar-refractivity contribution < 1.29 is 14.3 Å². The van der Waals surface area contributed by atoms with Gasteiger partial charge in [0.2, 0.25) is 0 Å². The maximum Gasteiger partial charge on any atom is 0.256 e. The highest BCUT2D eigenvalue weighted by Crippen LogP contribution is 2.20. The third-order valence-electron chi connectivity index (χ3n) is 3.50. The van der Waals surface area contributed by atoms with Crippen LogP contribution in [0.5, 0.6) is 5.75 Å². The molecule has 2 aromatic rings. The van der Waals surface area contributed by atoms with Gasteiger partial charge in [0.05, 0.1) is 13.7 Å². The fourth-order valence-electron chi connectivity index (χ4n) is 2.27. The fourth-order valence-corrected chi connectivity index (χ4v) is 2.27. The summed E-state index contributed by atoms with van der Waals surface area (Å²) < 4.78 is 10.6. The van der Waals surface area contributed by atoms with Crippen LogP contribution in [0.1, 0.15) is 19.4 Å². The van der Waals surface area contributed by atoms with Crippen LogP contribution in [-0.2, 0) is 16.1 Å². The van der Waals surface area contributed by atoms with Crippen molar-refractivity contribution in [3.8, 4) is 5.75 Å². The Morgan fingerprint density at radius 1 is 1.17 bits per heavy atom. The van der Waals surface area contributed by atoms with Crippen LogP contribution in [0, 0.1) is 0 Å². The average Bonchev–Trinajstić information content (AvgIpc) is 2.60. The van der Waals surface area contributed by atoms with Crippen LogP contribution in [0.15, 0.2) is 48.8 Å². The van der Waals surface area contributed by atoms with E-state index in [1.165, 1.54) is 0 Å². The standard InChI is InChI=1S/C18H22N2O3/c1-4-23-14(2)18(21)20(16-9-11-19-12-10-16)13-15-5-7-17(22-3)8-6-15/h5-12,14H,4,13H2,1-3H3/t14-/m1/s1. The van der Waals surface area contributed by atoms with Crippen LogP contribution in [0.3, 0.4) is 0 Å². The first-order valence-electron chi connectivity index (χ1n) is 7.61. The topological polar surface area (TPSA) is 51.7 Å². The van der Waals surface area contributed by atoms with E-state index >= 15 is 0 Å². The second-order valence-electron chi connectivity index (χ2n) is 5.08. The zero-order valence-electron chi connectivity index (χ0n) is 13.7. The Morgan fingerprint density at radius 3 is 2.39 bits per heavy atom. The Hall–Kier alpha value is -2.40. The summed E-state index contributed by atoms with van der Waals surface area (Å²) >= 11 is 0. The Balaban J connectivity index is 2.24. The first-order chi connectivity index (χ1) is 11.2. The largest absolute Gasteiger partial charge is 0.497 e. The lowest BCUT2D eigenvalue weighted by atomic mass is 10.1. The van der Waals surface area contributed by atoms with Crippen molar-refractivity contribution in [1.82, 2.24) is 4.98 Å². The van der Waals surface area contributed by atoms with E-state index in [0.29, 0.717) is 13.2 Å². The highest BCUT2D eigenvalue weighted by molar-refractivity contribution is 5.96. The summed E-state index contributed by atoms with van der Waals surface area (Å²) in [5.41, 5.74) is 1.81. The van der Waals surface area contributed by atoms with E-state index in [4.69, 9.17) is 9.47 Å². The van der Waals surface area contributed by atoms with Crippen molar-refractivity contribution >= 4 is 11.6 Å². The molecule has 5 heteroatoms. The molecule has 0 bridgehead atoms. The number of benzene rings is 1. The summed E-state index contributed by atoms with van der Waals surface area (Å²) in [6.07, 6.45) is 2.86. The monoisotopic (exact) mass is 314 g/mol. The normalized spacial score (nSPS) is 11.8. The van der Waals surface area contributed by atoms with Gasteiger partial charge in [-0.2, -0.15) is 0 Å². The third kappa shape index (κ3) is 4.53. The summed E-state index contributed by atoms with van der Waals surface area (Å²) in [5.74, 6) is 0.715. The first-order valence-corrected chi connectivity index (χ1v) is 7.61. The number of rotatable bonds is 7. The average molecular weight is 314 g/mol. The molecular weight excluding hydrogens is 292 g/mol. The molecule has 0 aliphatic rings. The van der Waals surface area contributed by atoms with Crippen molar-refractivity contribution in [2.75, 3.05) is 18.6 Å². The number of hydrogen-bond donors (Lipinski definition) is 0. The van der Waals surface area contributed by atoms with Crippen LogP contribution in [-0.4, -0.2) is 30.7 Å². The minimum Gasteiger partial charge on any atom is -0.497 e. The fraction of sp³-hybridized carbons (Fsp3) is 0.333. The zero-order valence-corrected chi connectivity index (χ0v) is 13.7. The Morgan fingerprint density at radius 2 is 1.83 bits per heavy atom. The van der Waals surface area contributed by atoms with E-state index < -0.39 is 6.10 Å². The Labute approximate surface area is 136 Å². The molecule has 0 saturated carbocycles. The number of methoxy groups -OCH3 is 1. The number of hydrogen-bond acceptors (Lipinski definition) is 4. The lowest BCUT2D eigenvalue weighted by Gasteiger charge is -2.26. The maximum absolute atomic E-state index is 12.7. The molecule has 2 rings (SSSR count). The zero-order chi connectivity index (χ0) is 16.7. The molecule has 0 unspecified atom stereocenters. The number of pyridine rings is 1. The summed E-state index contributed by atoms with van der Waals surface area (Å²) in [6, 6.07) is 11.3. The van der Waals surface area contributed by atoms with Gasteiger partial charge in [-0.25, -0.2) is 0 Å². The minimum atomic E-state index is -0.494. The van der Waals surface area contributed by atoms with Gasteiger partial charge in [-0.1, -0.05) is 12.1 Å². The van der Waals surface area contributed by atoms with Gasteiger partial charge in [0, 0.05) is 24.7 Å². The van der Waals surface area contributed by atoms with Gasteiger partial charge in [-0.05, 0) is 43.7 Å². The molecule has 0 spiro atoms. The molecule has 23 heavy (non-hydrogen) atoms. The van der Waals surface area contributed by atoms with Crippen molar-refractivity contribution in [1.29, 1.82) is 0 Å². The van der Waals surface area contributed by atoms with E-state index in [1.807, 2.05) is 43.3 Å². The van der Waals surface area contributed by atoms with Crippen LogP contribution in [0.2, 0.25) is 0 Å². The lowest BCUT2D eigenvalue weighted by Crippen LogP contribution is -2.38. The number of nitrogens with zero attached hydrogens (tertiary/aromatic N) is 2. The second-order valence-corrected chi connectivity index (χ2v) is 5.08. The number of anilines is 1. The highest BCUT2D eigenvalue weighted by Gasteiger charge is 2.22. The minimum absolute atomic E-state index is 0.0751. The predicted octanol–water partition coefficient (Wildman–Crippen LogP) is 3.05. The molecule has 1 atom stereocenters. The molecule has 0 fully saturated rings. The lowest BCUT2D eigenvalue weighted by molar-refractivity contribution is -0.128. The molecule has 0 N–H and O–H groups in total. The van der Waals surface area contributed by atoms with Gasteiger partial charge < -0.3 is 14.4 Å². The number of aromatic nitrogens is 1. The third-order valence-corrected chi connectivity index (χ3v) is 3.50.